The molecule has 9 nitrogen and oxygen atoms in total. The van der Waals surface area contributed by atoms with Crippen molar-refractivity contribution in [3.8, 4) is 6.07 Å². The molecular weight excluding hydrogens is 501 g/mol. The van der Waals surface area contributed by atoms with Gasteiger partial charge < -0.3 is 20.2 Å². The highest BCUT2D eigenvalue weighted by Crippen LogP contribution is 2.34. The number of benzene rings is 1. The quantitative estimate of drug-likeness (QED) is 0.533. The van der Waals surface area contributed by atoms with Crippen molar-refractivity contribution >= 4 is 23.5 Å². The van der Waals surface area contributed by atoms with Crippen LogP contribution in [0.25, 0.3) is 0 Å². The lowest BCUT2D eigenvalue weighted by Crippen LogP contribution is -2.44. The second-order valence-electron chi connectivity index (χ2n) is 9.64. The van der Waals surface area contributed by atoms with Gasteiger partial charge >= 0.3 is 12.1 Å². The number of rotatable bonds is 8. The lowest BCUT2D eigenvalue weighted by molar-refractivity contribution is -0.145. The second kappa shape index (κ2) is 11.7. The van der Waals surface area contributed by atoms with Gasteiger partial charge in [-0.05, 0) is 55.7 Å². The molecule has 38 heavy (non-hydrogen) atoms. The van der Waals surface area contributed by atoms with Gasteiger partial charge in [0, 0.05) is 38.7 Å². The van der Waals surface area contributed by atoms with Crippen molar-refractivity contribution in [2.45, 2.75) is 50.7 Å². The van der Waals surface area contributed by atoms with E-state index in [9.17, 15) is 22.8 Å². The fourth-order valence-corrected chi connectivity index (χ4v) is 4.98. The third kappa shape index (κ3) is 6.70. The predicted octanol–water partition coefficient (Wildman–Crippen LogP) is 3.39. The topological polar surface area (TPSA) is 122 Å². The molecule has 1 aromatic carbocycles. The number of nitrogens with zero attached hydrogens (tertiary/aromatic N) is 5. The lowest BCUT2D eigenvalue weighted by atomic mass is 9.94. The first-order valence-corrected chi connectivity index (χ1v) is 12.6. The van der Waals surface area contributed by atoms with Crippen LogP contribution in [0, 0.1) is 17.2 Å². The van der Waals surface area contributed by atoms with E-state index in [0.717, 1.165) is 5.56 Å². The number of aliphatic carboxylic acids is 1. The molecule has 3 heterocycles. The van der Waals surface area contributed by atoms with Crippen molar-refractivity contribution in [2.24, 2.45) is 5.92 Å². The zero-order chi connectivity index (χ0) is 27.3. The third-order valence-electron chi connectivity index (χ3n) is 7.00. The summed E-state index contributed by atoms with van der Waals surface area (Å²) in [6.07, 6.45) is -1.96. The standard InChI is InChI=1S/C26H29F3N6O3/c27-26(28,29)25-32-21(34-12-8-18(9-13-34)14-23(36)37)15-22(33-25)35-11-1-2-20(35)24(38)31-10-7-17-3-5-19(16-30)6-4-17/h3-6,15,18,20H,1-2,7-14H2,(H,31,38)(H,36,37). The van der Waals surface area contributed by atoms with Gasteiger partial charge in [-0.3, -0.25) is 9.59 Å². The van der Waals surface area contributed by atoms with Crippen LogP contribution in [0.5, 0.6) is 0 Å². The minimum atomic E-state index is -4.76. The molecule has 0 aliphatic carbocycles. The molecule has 1 atom stereocenters. The van der Waals surface area contributed by atoms with Gasteiger partial charge in [0.1, 0.15) is 17.7 Å². The van der Waals surface area contributed by atoms with E-state index in [-0.39, 0.29) is 29.9 Å². The molecule has 0 saturated carbocycles. The number of nitrogens with one attached hydrogen (secondary N) is 1. The van der Waals surface area contributed by atoms with Gasteiger partial charge in [0.2, 0.25) is 11.7 Å². The maximum Gasteiger partial charge on any atom is 0.451 e. The van der Waals surface area contributed by atoms with E-state index in [0.29, 0.717) is 63.8 Å². The van der Waals surface area contributed by atoms with Gasteiger partial charge in [-0.15, -0.1) is 0 Å². The first-order valence-electron chi connectivity index (χ1n) is 12.6. The number of nitriles is 1. The van der Waals surface area contributed by atoms with Crippen molar-refractivity contribution in [3.63, 3.8) is 0 Å². The summed E-state index contributed by atoms with van der Waals surface area (Å²) in [5.74, 6) is -2.27. The van der Waals surface area contributed by atoms with Gasteiger partial charge in [-0.1, -0.05) is 12.1 Å². The minimum absolute atomic E-state index is 0.0249. The molecule has 1 unspecified atom stereocenters. The Morgan fingerprint density at radius 3 is 2.39 bits per heavy atom. The summed E-state index contributed by atoms with van der Waals surface area (Å²) in [4.78, 5) is 34.9. The Balaban J connectivity index is 1.46. The number of carbonyl (C=O) groups excluding carboxylic acids is 1. The monoisotopic (exact) mass is 530 g/mol. The van der Waals surface area contributed by atoms with Crippen LogP contribution in [0.2, 0.25) is 0 Å². The number of amides is 1. The van der Waals surface area contributed by atoms with Crippen molar-refractivity contribution < 1.29 is 27.9 Å². The number of hydrogen-bond acceptors (Lipinski definition) is 7. The maximum absolute atomic E-state index is 13.7. The zero-order valence-corrected chi connectivity index (χ0v) is 20.7. The van der Waals surface area contributed by atoms with E-state index in [2.05, 4.69) is 21.4 Å². The van der Waals surface area contributed by atoms with E-state index >= 15 is 0 Å². The van der Waals surface area contributed by atoms with Crippen molar-refractivity contribution in [1.29, 1.82) is 5.26 Å². The normalized spacial score (nSPS) is 18.3. The van der Waals surface area contributed by atoms with Crippen LogP contribution in [0.1, 0.15) is 49.1 Å². The average molecular weight is 531 g/mol. The number of carbonyl (C=O) groups is 2. The van der Waals surface area contributed by atoms with Gasteiger partial charge in [-0.2, -0.15) is 18.4 Å². The maximum atomic E-state index is 13.7. The minimum Gasteiger partial charge on any atom is -0.481 e. The first kappa shape index (κ1) is 27.2. The summed E-state index contributed by atoms with van der Waals surface area (Å²) in [5.41, 5.74) is 1.50. The Hall–Kier alpha value is -3.88. The summed E-state index contributed by atoms with van der Waals surface area (Å²) in [6.45, 7) is 1.53. The van der Waals surface area contributed by atoms with Crippen LogP contribution in [-0.2, 0) is 22.2 Å². The Morgan fingerprint density at radius 2 is 1.76 bits per heavy atom. The highest BCUT2D eigenvalue weighted by Gasteiger charge is 2.39. The zero-order valence-electron chi connectivity index (χ0n) is 20.7. The number of aromatic nitrogens is 2. The summed E-state index contributed by atoms with van der Waals surface area (Å²) in [7, 11) is 0. The Morgan fingerprint density at radius 1 is 1.08 bits per heavy atom. The Labute approximate surface area is 218 Å². The van der Waals surface area contributed by atoms with E-state index < -0.39 is 24.0 Å². The molecule has 4 rings (SSSR count). The molecule has 1 aromatic heterocycles. The molecule has 2 aromatic rings. The largest absolute Gasteiger partial charge is 0.481 e. The van der Waals surface area contributed by atoms with Gasteiger partial charge in [-0.25, -0.2) is 9.97 Å². The molecule has 2 saturated heterocycles. The van der Waals surface area contributed by atoms with Crippen LogP contribution >= 0.6 is 0 Å². The predicted molar refractivity (Wildman–Crippen MR) is 132 cm³/mol. The third-order valence-corrected chi connectivity index (χ3v) is 7.00. The number of alkyl halides is 3. The molecular formula is C26H29F3N6O3. The van der Waals surface area contributed by atoms with Gasteiger partial charge in [0.25, 0.3) is 0 Å². The molecule has 12 heteroatoms. The Bertz CT molecular complexity index is 1190. The second-order valence-corrected chi connectivity index (χ2v) is 9.64. The van der Waals surface area contributed by atoms with Crippen LogP contribution in [-0.4, -0.2) is 59.2 Å². The molecule has 0 spiro atoms. The highest BCUT2D eigenvalue weighted by molar-refractivity contribution is 5.85. The van der Waals surface area contributed by atoms with E-state index in [1.54, 1.807) is 21.9 Å². The number of hydrogen-bond donors (Lipinski definition) is 2. The number of carboxylic acid groups (broad SMARTS) is 1. The summed E-state index contributed by atoms with van der Waals surface area (Å²) in [5, 5.41) is 20.8. The van der Waals surface area contributed by atoms with Crippen LogP contribution in [0.3, 0.4) is 0 Å². The van der Waals surface area contributed by atoms with Gasteiger partial charge in [0.15, 0.2) is 0 Å². The molecule has 1 amide bonds. The number of anilines is 2. The van der Waals surface area contributed by atoms with Crippen LogP contribution < -0.4 is 15.1 Å². The SMILES string of the molecule is N#Cc1ccc(CCNC(=O)C2CCCN2c2cc(N3CCC(CC(=O)O)CC3)nc(C(F)(F)F)n2)cc1. The fourth-order valence-electron chi connectivity index (χ4n) is 4.98. The summed E-state index contributed by atoms with van der Waals surface area (Å²) < 4.78 is 41.1. The molecule has 2 fully saturated rings. The van der Waals surface area contributed by atoms with Crippen molar-refractivity contribution in [3.05, 3.63) is 47.3 Å². The molecule has 2 aliphatic heterocycles. The van der Waals surface area contributed by atoms with Crippen molar-refractivity contribution in [2.75, 3.05) is 36.0 Å². The summed E-state index contributed by atoms with van der Waals surface area (Å²) in [6, 6.07) is 9.94. The molecule has 202 valence electrons. The average Bonchev–Trinajstić information content (AvgIpc) is 3.39. The lowest BCUT2D eigenvalue weighted by Gasteiger charge is -2.33. The van der Waals surface area contributed by atoms with E-state index in [4.69, 9.17) is 10.4 Å². The molecule has 2 aliphatic rings. The number of halogens is 3. The molecule has 2 N–H and O–H groups in total. The van der Waals surface area contributed by atoms with Gasteiger partial charge in [0.05, 0.1) is 11.6 Å². The molecule has 0 radical (unpaired) electrons. The first-order chi connectivity index (χ1) is 18.1. The summed E-state index contributed by atoms with van der Waals surface area (Å²) >= 11 is 0. The fraction of sp³-hybridized carbons (Fsp3) is 0.500. The Kier molecular flexibility index (Phi) is 8.34. The number of piperidine rings is 1. The van der Waals surface area contributed by atoms with E-state index in [1.807, 2.05) is 12.1 Å². The van der Waals surface area contributed by atoms with Crippen LogP contribution in [0.15, 0.2) is 30.3 Å². The smallest absolute Gasteiger partial charge is 0.451 e. The van der Waals surface area contributed by atoms with Crippen molar-refractivity contribution in [1.82, 2.24) is 15.3 Å². The van der Waals surface area contributed by atoms with Crippen LogP contribution in [0.4, 0.5) is 24.8 Å². The van der Waals surface area contributed by atoms with E-state index in [1.165, 1.54) is 6.07 Å². The highest BCUT2D eigenvalue weighted by atomic mass is 19.4. The number of carboxylic acids is 1. The molecule has 0 bridgehead atoms.